The van der Waals surface area contributed by atoms with Gasteiger partial charge in [0, 0.05) is 22.7 Å². The first kappa shape index (κ1) is 17.0. The van der Waals surface area contributed by atoms with E-state index in [2.05, 4.69) is 11.4 Å². The second-order valence-corrected chi connectivity index (χ2v) is 6.22. The Bertz CT molecular complexity index is 1130. The maximum atomic E-state index is 12.6. The standard InChI is InChI=1S/C22H19NO4/c1-25-18-10-8-16(12-20(18)26-2)23-21(24)11-15-13-27-19-9-7-14-5-3-4-6-17(14)22(15)19/h3-10,12-13H,11H2,1-2H3,(H,23,24). The van der Waals surface area contributed by atoms with E-state index in [1.807, 2.05) is 30.3 Å². The lowest BCUT2D eigenvalue weighted by molar-refractivity contribution is -0.115. The Kier molecular flexibility index (Phi) is 4.42. The summed E-state index contributed by atoms with van der Waals surface area (Å²) in [6.07, 6.45) is 1.88. The predicted octanol–water partition coefficient (Wildman–Crippen LogP) is 4.78. The van der Waals surface area contributed by atoms with Gasteiger partial charge in [0.25, 0.3) is 0 Å². The fourth-order valence-corrected chi connectivity index (χ4v) is 3.30. The van der Waals surface area contributed by atoms with Crippen LogP contribution in [0.3, 0.4) is 0 Å². The number of carbonyl (C=O) groups is 1. The SMILES string of the molecule is COc1ccc(NC(=O)Cc2coc3ccc4ccccc4c23)cc1OC. The van der Waals surface area contributed by atoms with Crippen molar-refractivity contribution >= 4 is 33.3 Å². The number of ether oxygens (including phenoxy) is 2. The van der Waals surface area contributed by atoms with Crippen LogP contribution >= 0.6 is 0 Å². The highest BCUT2D eigenvalue weighted by molar-refractivity contribution is 6.09. The number of carbonyl (C=O) groups excluding carboxylic acids is 1. The van der Waals surface area contributed by atoms with E-state index < -0.39 is 0 Å². The van der Waals surface area contributed by atoms with Crippen LogP contribution in [0.4, 0.5) is 5.69 Å². The van der Waals surface area contributed by atoms with Crippen molar-refractivity contribution in [1.82, 2.24) is 0 Å². The van der Waals surface area contributed by atoms with Crippen molar-refractivity contribution in [2.75, 3.05) is 19.5 Å². The van der Waals surface area contributed by atoms with Gasteiger partial charge in [0.05, 0.1) is 26.9 Å². The summed E-state index contributed by atoms with van der Waals surface area (Å²) in [6.45, 7) is 0. The molecule has 27 heavy (non-hydrogen) atoms. The van der Waals surface area contributed by atoms with Crippen molar-refractivity contribution in [2.24, 2.45) is 0 Å². The van der Waals surface area contributed by atoms with E-state index in [0.717, 1.165) is 27.3 Å². The minimum absolute atomic E-state index is 0.127. The molecule has 4 rings (SSSR count). The van der Waals surface area contributed by atoms with Crippen molar-refractivity contribution in [3.8, 4) is 11.5 Å². The average Bonchev–Trinajstić information content (AvgIpc) is 3.11. The van der Waals surface area contributed by atoms with Crippen LogP contribution < -0.4 is 14.8 Å². The molecule has 4 aromatic rings. The molecular formula is C22H19NO4. The van der Waals surface area contributed by atoms with E-state index in [4.69, 9.17) is 13.9 Å². The fraction of sp³-hybridized carbons (Fsp3) is 0.136. The highest BCUT2D eigenvalue weighted by Crippen LogP contribution is 2.31. The number of fused-ring (bicyclic) bond motifs is 3. The molecule has 1 aromatic heterocycles. The molecule has 136 valence electrons. The molecule has 0 aliphatic heterocycles. The van der Waals surface area contributed by atoms with Gasteiger partial charge < -0.3 is 19.2 Å². The van der Waals surface area contributed by atoms with E-state index in [1.54, 1.807) is 38.7 Å². The van der Waals surface area contributed by atoms with Crippen LogP contribution in [0.5, 0.6) is 11.5 Å². The molecule has 0 radical (unpaired) electrons. The van der Waals surface area contributed by atoms with Gasteiger partial charge in [-0.3, -0.25) is 4.79 Å². The molecule has 0 atom stereocenters. The molecule has 0 saturated heterocycles. The van der Waals surface area contributed by atoms with Gasteiger partial charge in [-0.25, -0.2) is 0 Å². The summed E-state index contributed by atoms with van der Waals surface area (Å²) < 4.78 is 16.2. The number of anilines is 1. The summed E-state index contributed by atoms with van der Waals surface area (Å²) in [5.41, 5.74) is 2.29. The maximum Gasteiger partial charge on any atom is 0.228 e. The van der Waals surface area contributed by atoms with E-state index in [-0.39, 0.29) is 12.3 Å². The lowest BCUT2D eigenvalue weighted by Crippen LogP contribution is -2.14. The Labute approximate surface area is 156 Å². The summed E-state index contributed by atoms with van der Waals surface area (Å²) in [4.78, 5) is 12.6. The number of furan rings is 1. The minimum Gasteiger partial charge on any atom is -0.493 e. The Morgan fingerprint density at radius 2 is 1.81 bits per heavy atom. The molecule has 1 heterocycles. The number of amides is 1. The molecule has 0 spiro atoms. The third-order valence-electron chi connectivity index (χ3n) is 4.56. The second-order valence-electron chi connectivity index (χ2n) is 6.22. The molecule has 5 nitrogen and oxygen atoms in total. The minimum atomic E-state index is -0.127. The summed E-state index contributed by atoms with van der Waals surface area (Å²) in [7, 11) is 3.14. The largest absolute Gasteiger partial charge is 0.493 e. The van der Waals surface area contributed by atoms with Crippen LogP contribution in [0.25, 0.3) is 21.7 Å². The molecule has 3 aromatic carbocycles. The normalized spacial score (nSPS) is 10.9. The van der Waals surface area contributed by atoms with Gasteiger partial charge in [-0.2, -0.15) is 0 Å². The predicted molar refractivity (Wildman–Crippen MR) is 106 cm³/mol. The van der Waals surface area contributed by atoms with Gasteiger partial charge in [-0.1, -0.05) is 30.3 Å². The van der Waals surface area contributed by atoms with Crippen LogP contribution in [0, 0.1) is 0 Å². The molecule has 1 N–H and O–H groups in total. The topological polar surface area (TPSA) is 60.7 Å². The lowest BCUT2D eigenvalue weighted by atomic mass is 10.0. The van der Waals surface area contributed by atoms with Gasteiger partial charge in [0.15, 0.2) is 11.5 Å². The smallest absolute Gasteiger partial charge is 0.228 e. The summed E-state index contributed by atoms with van der Waals surface area (Å²) >= 11 is 0. The first-order valence-corrected chi connectivity index (χ1v) is 8.59. The molecule has 1 amide bonds. The fourth-order valence-electron chi connectivity index (χ4n) is 3.30. The highest BCUT2D eigenvalue weighted by atomic mass is 16.5. The monoisotopic (exact) mass is 361 g/mol. The molecule has 0 bridgehead atoms. The molecule has 0 saturated carbocycles. The highest BCUT2D eigenvalue weighted by Gasteiger charge is 2.14. The molecule has 5 heteroatoms. The van der Waals surface area contributed by atoms with Crippen molar-refractivity contribution in [1.29, 1.82) is 0 Å². The first-order valence-electron chi connectivity index (χ1n) is 8.59. The van der Waals surface area contributed by atoms with Gasteiger partial charge >= 0.3 is 0 Å². The Morgan fingerprint density at radius 1 is 1.00 bits per heavy atom. The molecule has 0 aliphatic rings. The Hall–Kier alpha value is -3.47. The van der Waals surface area contributed by atoms with Crippen LogP contribution in [-0.4, -0.2) is 20.1 Å². The van der Waals surface area contributed by atoms with Crippen LogP contribution in [0.2, 0.25) is 0 Å². The van der Waals surface area contributed by atoms with E-state index in [1.165, 1.54) is 0 Å². The summed E-state index contributed by atoms with van der Waals surface area (Å²) in [5, 5.41) is 6.08. The quantitative estimate of drug-likeness (QED) is 0.555. The summed E-state index contributed by atoms with van der Waals surface area (Å²) in [6, 6.07) is 17.3. The average molecular weight is 361 g/mol. The van der Waals surface area contributed by atoms with Crippen LogP contribution in [-0.2, 0) is 11.2 Å². The van der Waals surface area contributed by atoms with Crippen molar-refractivity contribution in [3.05, 3.63) is 66.4 Å². The third-order valence-corrected chi connectivity index (χ3v) is 4.56. The van der Waals surface area contributed by atoms with Crippen molar-refractivity contribution in [2.45, 2.75) is 6.42 Å². The number of hydrogen-bond donors (Lipinski definition) is 1. The molecule has 0 unspecified atom stereocenters. The number of benzene rings is 3. The number of hydrogen-bond acceptors (Lipinski definition) is 4. The van der Waals surface area contributed by atoms with Gasteiger partial charge in [0.2, 0.25) is 5.91 Å². The summed E-state index contributed by atoms with van der Waals surface area (Å²) in [5.74, 6) is 1.05. The maximum absolute atomic E-state index is 12.6. The van der Waals surface area contributed by atoms with Crippen molar-refractivity contribution in [3.63, 3.8) is 0 Å². The molecule has 0 fully saturated rings. The third kappa shape index (κ3) is 3.19. The van der Waals surface area contributed by atoms with E-state index >= 15 is 0 Å². The first-order chi connectivity index (χ1) is 13.2. The second kappa shape index (κ2) is 7.03. The number of methoxy groups -OCH3 is 2. The van der Waals surface area contributed by atoms with Crippen LogP contribution in [0.1, 0.15) is 5.56 Å². The zero-order chi connectivity index (χ0) is 18.8. The Morgan fingerprint density at radius 3 is 2.63 bits per heavy atom. The van der Waals surface area contributed by atoms with E-state index in [0.29, 0.717) is 17.2 Å². The zero-order valence-corrected chi connectivity index (χ0v) is 15.1. The lowest BCUT2D eigenvalue weighted by Gasteiger charge is -2.10. The van der Waals surface area contributed by atoms with Gasteiger partial charge in [-0.05, 0) is 29.0 Å². The van der Waals surface area contributed by atoms with Crippen LogP contribution in [0.15, 0.2) is 65.3 Å². The molecule has 0 aliphatic carbocycles. The molecular weight excluding hydrogens is 342 g/mol. The Balaban J connectivity index is 1.61. The van der Waals surface area contributed by atoms with E-state index in [9.17, 15) is 4.79 Å². The number of nitrogens with one attached hydrogen (secondary N) is 1. The van der Waals surface area contributed by atoms with Gasteiger partial charge in [0.1, 0.15) is 5.58 Å². The number of rotatable bonds is 5. The zero-order valence-electron chi connectivity index (χ0n) is 15.1. The van der Waals surface area contributed by atoms with Gasteiger partial charge in [-0.15, -0.1) is 0 Å². The van der Waals surface area contributed by atoms with Crippen molar-refractivity contribution < 1.29 is 18.7 Å².